The molecule has 0 N–H and O–H groups in total. The summed E-state index contributed by atoms with van der Waals surface area (Å²) in [5.41, 5.74) is 1.06. The van der Waals surface area contributed by atoms with Crippen LogP contribution in [0.15, 0.2) is 5.38 Å². The molecule has 2 aromatic heterocycles. The molecule has 0 amide bonds. The normalized spacial score (nSPS) is 19.8. The molecule has 0 spiro atoms. The Morgan fingerprint density at radius 2 is 2.38 bits per heavy atom. The van der Waals surface area contributed by atoms with Crippen molar-refractivity contribution in [1.82, 2.24) is 20.1 Å². The van der Waals surface area contributed by atoms with E-state index in [1.165, 1.54) is 11.3 Å². The van der Waals surface area contributed by atoms with E-state index in [0.29, 0.717) is 11.8 Å². The number of aryl methyl sites for hydroxylation is 1. The van der Waals surface area contributed by atoms with Gasteiger partial charge < -0.3 is 9.47 Å². The van der Waals surface area contributed by atoms with Crippen LogP contribution in [0.4, 0.5) is 0 Å². The van der Waals surface area contributed by atoms with Gasteiger partial charge in [0.2, 0.25) is 0 Å². The Balaban J connectivity index is 1.60. The van der Waals surface area contributed by atoms with Crippen LogP contribution < -0.4 is 4.74 Å². The van der Waals surface area contributed by atoms with Crippen LogP contribution in [0.25, 0.3) is 0 Å². The van der Waals surface area contributed by atoms with Gasteiger partial charge in [-0.3, -0.25) is 4.90 Å². The summed E-state index contributed by atoms with van der Waals surface area (Å²) in [6, 6.07) is 0. The van der Waals surface area contributed by atoms with Crippen molar-refractivity contribution in [1.29, 1.82) is 0 Å². The van der Waals surface area contributed by atoms with Crippen LogP contribution in [0.3, 0.4) is 0 Å². The summed E-state index contributed by atoms with van der Waals surface area (Å²) < 4.78 is 11.2. The maximum Gasteiger partial charge on any atom is 0.294 e. The molecule has 0 radical (unpaired) electrons. The SMILES string of the molecule is CCOc1nnc(CN2CCOC(c3nc(C)cs3)C2)s1. The second kappa shape index (κ2) is 6.78. The van der Waals surface area contributed by atoms with Gasteiger partial charge in [-0.25, -0.2) is 4.98 Å². The third kappa shape index (κ3) is 3.76. The summed E-state index contributed by atoms with van der Waals surface area (Å²) in [7, 11) is 0. The van der Waals surface area contributed by atoms with Crippen molar-refractivity contribution in [2.24, 2.45) is 0 Å². The lowest BCUT2D eigenvalue weighted by Gasteiger charge is -2.31. The van der Waals surface area contributed by atoms with Gasteiger partial charge in [0.15, 0.2) is 0 Å². The van der Waals surface area contributed by atoms with Crippen LogP contribution in [0.1, 0.15) is 28.7 Å². The predicted octanol–water partition coefficient (Wildman–Crippen LogP) is 2.28. The first kappa shape index (κ1) is 14.8. The van der Waals surface area contributed by atoms with Crippen LogP contribution in [0, 0.1) is 6.92 Å². The highest BCUT2D eigenvalue weighted by Crippen LogP contribution is 2.27. The molecule has 1 atom stereocenters. The van der Waals surface area contributed by atoms with Crippen LogP contribution >= 0.6 is 22.7 Å². The average Bonchev–Trinajstić information content (AvgIpc) is 3.09. The van der Waals surface area contributed by atoms with Gasteiger partial charge in [0, 0.05) is 24.2 Å². The van der Waals surface area contributed by atoms with Crippen LogP contribution in [-0.4, -0.2) is 46.4 Å². The highest BCUT2D eigenvalue weighted by Gasteiger charge is 2.25. The molecule has 2 aromatic rings. The van der Waals surface area contributed by atoms with Crippen LogP contribution in [-0.2, 0) is 11.3 Å². The fraction of sp³-hybridized carbons (Fsp3) is 0.615. The first-order chi connectivity index (χ1) is 10.2. The first-order valence-corrected chi connectivity index (χ1v) is 8.65. The molecule has 1 aliphatic rings. The van der Waals surface area contributed by atoms with E-state index in [1.807, 2.05) is 13.8 Å². The number of aromatic nitrogens is 3. The van der Waals surface area contributed by atoms with E-state index in [-0.39, 0.29) is 6.10 Å². The zero-order chi connectivity index (χ0) is 14.7. The molecule has 21 heavy (non-hydrogen) atoms. The molecule has 8 heteroatoms. The predicted molar refractivity (Wildman–Crippen MR) is 81.9 cm³/mol. The lowest BCUT2D eigenvalue weighted by molar-refractivity contribution is -0.0331. The Morgan fingerprint density at radius 3 is 3.14 bits per heavy atom. The van der Waals surface area contributed by atoms with E-state index in [2.05, 4.69) is 25.5 Å². The molecule has 3 heterocycles. The van der Waals surface area contributed by atoms with E-state index in [0.717, 1.165) is 42.0 Å². The molecule has 3 rings (SSSR count). The number of rotatable bonds is 5. The Kier molecular flexibility index (Phi) is 4.79. The Labute approximate surface area is 131 Å². The maximum absolute atomic E-state index is 5.84. The largest absolute Gasteiger partial charge is 0.469 e. The van der Waals surface area contributed by atoms with Crippen LogP contribution in [0.2, 0.25) is 0 Å². The molecule has 1 unspecified atom stereocenters. The van der Waals surface area contributed by atoms with Crippen molar-refractivity contribution < 1.29 is 9.47 Å². The maximum atomic E-state index is 5.84. The highest BCUT2D eigenvalue weighted by atomic mass is 32.1. The van der Waals surface area contributed by atoms with Gasteiger partial charge in [-0.2, -0.15) is 0 Å². The molecule has 1 aliphatic heterocycles. The van der Waals surface area contributed by atoms with E-state index in [4.69, 9.17) is 9.47 Å². The number of morpholine rings is 1. The fourth-order valence-corrected chi connectivity index (χ4v) is 3.81. The van der Waals surface area contributed by atoms with Crippen molar-refractivity contribution in [2.45, 2.75) is 26.5 Å². The molecule has 6 nitrogen and oxygen atoms in total. The second-order valence-corrected chi connectivity index (χ2v) is 6.73. The summed E-state index contributed by atoms with van der Waals surface area (Å²) in [5.74, 6) is 0. The van der Waals surface area contributed by atoms with Crippen molar-refractivity contribution in [3.05, 3.63) is 21.1 Å². The van der Waals surface area contributed by atoms with Crippen molar-refractivity contribution in [3.63, 3.8) is 0 Å². The van der Waals surface area contributed by atoms with E-state index >= 15 is 0 Å². The number of hydrogen-bond donors (Lipinski definition) is 0. The number of hydrogen-bond acceptors (Lipinski definition) is 8. The monoisotopic (exact) mass is 326 g/mol. The van der Waals surface area contributed by atoms with Gasteiger partial charge in [-0.1, -0.05) is 11.3 Å². The summed E-state index contributed by atoms with van der Waals surface area (Å²) in [6.07, 6.45) is 0.0664. The Bertz CT molecular complexity index is 586. The summed E-state index contributed by atoms with van der Waals surface area (Å²) in [6.45, 7) is 7.84. The topological polar surface area (TPSA) is 60.4 Å². The van der Waals surface area contributed by atoms with Gasteiger partial charge in [0.05, 0.1) is 19.8 Å². The highest BCUT2D eigenvalue weighted by molar-refractivity contribution is 7.13. The fourth-order valence-electron chi connectivity index (χ4n) is 2.19. The summed E-state index contributed by atoms with van der Waals surface area (Å²) in [5, 5.41) is 13.0. The molecule has 0 saturated carbocycles. The number of ether oxygens (including phenoxy) is 2. The number of nitrogens with zero attached hydrogens (tertiary/aromatic N) is 4. The van der Waals surface area contributed by atoms with Crippen molar-refractivity contribution >= 4 is 22.7 Å². The molecule has 1 fully saturated rings. The smallest absolute Gasteiger partial charge is 0.294 e. The minimum atomic E-state index is 0.0664. The molecule has 0 aliphatic carbocycles. The summed E-state index contributed by atoms with van der Waals surface area (Å²) >= 11 is 3.18. The molecular formula is C13H18N4O2S2. The quantitative estimate of drug-likeness (QED) is 0.840. The van der Waals surface area contributed by atoms with Gasteiger partial charge in [-0.15, -0.1) is 21.5 Å². The minimum absolute atomic E-state index is 0.0664. The molecule has 114 valence electrons. The van der Waals surface area contributed by atoms with Crippen LogP contribution in [0.5, 0.6) is 5.19 Å². The lowest BCUT2D eigenvalue weighted by Crippen LogP contribution is -2.37. The third-order valence-electron chi connectivity index (χ3n) is 3.14. The van der Waals surface area contributed by atoms with Crippen molar-refractivity contribution in [3.8, 4) is 5.19 Å². The van der Waals surface area contributed by atoms with Gasteiger partial charge in [-0.05, 0) is 13.8 Å². The summed E-state index contributed by atoms with van der Waals surface area (Å²) in [4.78, 5) is 6.86. The second-order valence-electron chi connectivity index (χ2n) is 4.82. The Hall–Kier alpha value is -1.09. The molecule has 1 saturated heterocycles. The number of thiazole rings is 1. The first-order valence-electron chi connectivity index (χ1n) is 6.95. The van der Waals surface area contributed by atoms with E-state index in [9.17, 15) is 0 Å². The zero-order valence-corrected chi connectivity index (χ0v) is 13.7. The molecule has 0 aromatic carbocycles. The van der Waals surface area contributed by atoms with Gasteiger partial charge >= 0.3 is 0 Å². The van der Waals surface area contributed by atoms with Gasteiger partial charge in [0.25, 0.3) is 5.19 Å². The van der Waals surface area contributed by atoms with E-state index in [1.54, 1.807) is 11.3 Å². The molecular weight excluding hydrogens is 308 g/mol. The zero-order valence-electron chi connectivity index (χ0n) is 12.1. The third-order valence-corrected chi connectivity index (χ3v) is 5.01. The Morgan fingerprint density at radius 1 is 1.48 bits per heavy atom. The lowest BCUT2D eigenvalue weighted by atomic mass is 10.3. The molecule has 0 bridgehead atoms. The van der Waals surface area contributed by atoms with E-state index < -0.39 is 0 Å². The average molecular weight is 326 g/mol. The van der Waals surface area contributed by atoms with Crippen molar-refractivity contribution in [2.75, 3.05) is 26.3 Å². The standard InChI is InChI=1S/C13H18N4O2S2/c1-3-18-13-16-15-11(21-13)7-17-4-5-19-10(6-17)12-14-9(2)8-20-12/h8,10H,3-7H2,1-2H3. The van der Waals surface area contributed by atoms with Gasteiger partial charge in [0.1, 0.15) is 16.1 Å². The minimum Gasteiger partial charge on any atom is -0.469 e.